The maximum Gasteiger partial charge on any atom is 0.252 e. The van der Waals surface area contributed by atoms with Crippen molar-refractivity contribution < 1.29 is 4.79 Å². The van der Waals surface area contributed by atoms with Crippen molar-refractivity contribution in [1.29, 1.82) is 0 Å². The number of aryl methyl sites for hydroxylation is 1. The second-order valence-electron chi connectivity index (χ2n) is 5.28. The summed E-state index contributed by atoms with van der Waals surface area (Å²) in [4.78, 5) is 14.5. The van der Waals surface area contributed by atoms with Gasteiger partial charge in [-0.2, -0.15) is 0 Å². The summed E-state index contributed by atoms with van der Waals surface area (Å²) in [7, 11) is 2.14. The van der Waals surface area contributed by atoms with Crippen LogP contribution in [0.4, 0.5) is 0 Å². The van der Waals surface area contributed by atoms with E-state index >= 15 is 0 Å². The molecule has 1 saturated heterocycles. The van der Waals surface area contributed by atoms with Crippen LogP contribution in [0.15, 0.2) is 22.7 Å². The van der Waals surface area contributed by atoms with Crippen LogP contribution in [-0.4, -0.2) is 37.0 Å². The van der Waals surface area contributed by atoms with Crippen molar-refractivity contribution in [2.45, 2.75) is 32.2 Å². The first kappa shape index (κ1) is 14.5. The fraction of sp³-hybridized carbons (Fsp3) is 0.533. The van der Waals surface area contributed by atoms with Gasteiger partial charge in [0.2, 0.25) is 0 Å². The molecule has 0 bridgehead atoms. The molecule has 1 atom stereocenters. The number of hydrogen-bond acceptors (Lipinski definition) is 2. The zero-order chi connectivity index (χ0) is 13.8. The van der Waals surface area contributed by atoms with E-state index < -0.39 is 0 Å². The smallest absolute Gasteiger partial charge is 0.252 e. The first-order valence-corrected chi connectivity index (χ1v) is 7.62. The SMILES string of the molecule is Cc1cccc(C(=O)NCC2CCCCN2C)c1Br. The van der Waals surface area contributed by atoms with E-state index in [0.717, 1.165) is 28.7 Å². The van der Waals surface area contributed by atoms with Crippen molar-refractivity contribution >= 4 is 21.8 Å². The molecule has 4 heteroatoms. The molecule has 3 nitrogen and oxygen atoms in total. The highest BCUT2D eigenvalue weighted by atomic mass is 79.9. The summed E-state index contributed by atoms with van der Waals surface area (Å²) < 4.78 is 0.893. The predicted molar refractivity (Wildman–Crippen MR) is 81.5 cm³/mol. The van der Waals surface area contributed by atoms with Gasteiger partial charge >= 0.3 is 0 Å². The Morgan fingerprint density at radius 3 is 3.00 bits per heavy atom. The summed E-state index contributed by atoms with van der Waals surface area (Å²) in [6.07, 6.45) is 3.70. The Labute approximate surface area is 123 Å². The summed E-state index contributed by atoms with van der Waals surface area (Å²) in [6, 6.07) is 6.25. The van der Waals surface area contributed by atoms with Crippen LogP contribution in [0.1, 0.15) is 35.2 Å². The number of carbonyl (C=O) groups is 1. The van der Waals surface area contributed by atoms with Crippen LogP contribution in [0.3, 0.4) is 0 Å². The van der Waals surface area contributed by atoms with Gasteiger partial charge in [0.15, 0.2) is 0 Å². The fourth-order valence-electron chi connectivity index (χ4n) is 2.53. The number of halogens is 1. The molecule has 1 aromatic carbocycles. The average molecular weight is 325 g/mol. The zero-order valence-corrected chi connectivity index (χ0v) is 13.2. The highest BCUT2D eigenvalue weighted by molar-refractivity contribution is 9.10. The molecule has 1 fully saturated rings. The van der Waals surface area contributed by atoms with E-state index in [4.69, 9.17) is 0 Å². The Balaban J connectivity index is 1.95. The van der Waals surface area contributed by atoms with Crippen LogP contribution in [0.25, 0.3) is 0 Å². The minimum absolute atomic E-state index is 0.00884. The maximum atomic E-state index is 12.2. The molecule has 1 N–H and O–H groups in total. The molecule has 2 rings (SSSR count). The van der Waals surface area contributed by atoms with Crippen LogP contribution >= 0.6 is 15.9 Å². The largest absolute Gasteiger partial charge is 0.350 e. The number of hydrogen-bond donors (Lipinski definition) is 1. The number of benzene rings is 1. The number of nitrogens with one attached hydrogen (secondary N) is 1. The van der Waals surface area contributed by atoms with Crippen LogP contribution in [0, 0.1) is 6.92 Å². The Hall–Kier alpha value is -0.870. The van der Waals surface area contributed by atoms with Gasteiger partial charge in [0, 0.05) is 17.1 Å². The lowest BCUT2D eigenvalue weighted by Gasteiger charge is -2.32. The fourth-order valence-corrected chi connectivity index (χ4v) is 2.97. The number of piperidine rings is 1. The van der Waals surface area contributed by atoms with Gasteiger partial charge in [-0.3, -0.25) is 4.79 Å². The minimum atomic E-state index is 0.00884. The summed E-state index contributed by atoms with van der Waals surface area (Å²) in [5, 5.41) is 3.06. The van der Waals surface area contributed by atoms with Crippen molar-refractivity contribution in [3.05, 3.63) is 33.8 Å². The molecule has 1 unspecified atom stereocenters. The normalized spacial score (nSPS) is 20.3. The van der Waals surface area contributed by atoms with Crippen LogP contribution < -0.4 is 5.32 Å². The molecule has 104 valence electrons. The summed E-state index contributed by atoms with van der Waals surface area (Å²) in [5.74, 6) is 0.00884. The second kappa shape index (κ2) is 6.53. The topological polar surface area (TPSA) is 32.3 Å². The van der Waals surface area contributed by atoms with Crippen molar-refractivity contribution in [2.24, 2.45) is 0 Å². The Bertz CT molecular complexity index is 461. The number of carbonyl (C=O) groups excluding carboxylic acids is 1. The van der Waals surface area contributed by atoms with E-state index in [1.807, 2.05) is 25.1 Å². The molecule has 1 aliphatic heterocycles. The average Bonchev–Trinajstić information content (AvgIpc) is 2.40. The predicted octanol–water partition coefficient (Wildman–Crippen LogP) is 2.97. The Morgan fingerprint density at radius 1 is 1.47 bits per heavy atom. The molecule has 0 aromatic heterocycles. The highest BCUT2D eigenvalue weighted by Crippen LogP contribution is 2.21. The van der Waals surface area contributed by atoms with Crippen molar-refractivity contribution in [2.75, 3.05) is 20.1 Å². The highest BCUT2D eigenvalue weighted by Gasteiger charge is 2.20. The zero-order valence-electron chi connectivity index (χ0n) is 11.6. The molecule has 0 radical (unpaired) electrons. The lowest BCUT2D eigenvalue weighted by molar-refractivity contribution is 0.0927. The van der Waals surface area contributed by atoms with Gasteiger partial charge < -0.3 is 10.2 Å². The van der Waals surface area contributed by atoms with E-state index in [2.05, 4.69) is 33.2 Å². The van der Waals surface area contributed by atoms with E-state index in [0.29, 0.717) is 6.04 Å². The second-order valence-corrected chi connectivity index (χ2v) is 6.07. The Morgan fingerprint density at radius 2 is 2.26 bits per heavy atom. The number of likely N-dealkylation sites (N-methyl/N-ethyl adjacent to an activating group) is 1. The van der Waals surface area contributed by atoms with E-state index in [-0.39, 0.29) is 5.91 Å². The number of nitrogens with zero attached hydrogens (tertiary/aromatic N) is 1. The summed E-state index contributed by atoms with van der Waals surface area (Å²) in [5.41, 5.74) is 1.81. The molecule has 0 saturated carbocycles. The summed E-state index contributed by atoms with van der Waals surface area (Å²) in [6.45, 7) is 3.86. The molecule has 1 aromatic rings. The van der Waals surface area contributed by atoms with Gasteiger partial charge in [0.1, 0.15) is 0 Å². The number of rotatable bonds is 3. The monoisotopic (exact) mass is 324 g/mol. The standard InChI is InChI=1S/C15H21BrN2O/c1-11-6-5-8-13(14(11)16)15(19)17-10-12-7-3-4-9-18(12)2/h5-6,8,12H,3-4,7,9-10H2,1-2H3,(H,17,19). The molecule has 1 amide bonds. The van der Waals surface area contributed by atoms with Gasteiger partial charge in [-0.1, -0.05) is 18.6 Å². The van der Waals surface area contributed by atoms with Crippen LogP contribution in [0.5, 0.6) is 0 Å². The van der Waals surface area contributed by atoms with Crippen molar-refractivity contribution in [3.63, 3.8) is 0 Å². The molecule has 0 spiro atoms. The number of amides is 1. The number of likely N-dealkylation sites (tertiary alicyclic amines) is 1. The molecule has 1 heterocycles. The van der Waals surface area contributed by atoms with Gasteiger partial charge in [0.25, 0.3) is 5.91 Å². The summed E-state index contributed by atoms with van der Waals surface area (Å²) >= 11 is 3.49. The minimum Gasteiger partial charge on any atom is -0.350 e. The quantitative estimate of drug-likeness (QED) is 0.927. The maximum absolute atomic E-state index is 12.2. The molecular weight excluding hydrogens is 304 g/mol. The lowest BCUT2D eigenvalue weighted by atomic mass is 10.0. The van der Waals surface area contributed by atoms with Gasteiger partial charge in [-0.15, -0.1) is 0 Å². The molecule has 0 aliphatic carbocycles. The third-order valence-corrected chi connectivity index (χ3v) is 4.91. The lowest BCUT2D eigenvalue weighted by Crippen LogP contribution is -2.44. The van der Waals surface area contributed by atoms with Crippen LogP contribution in [0.2, 0.25) is 0 Å². The third kappa shape index (κ3) is 3.57. The Kier molecular flexibility index (Phi) is 4.99. The first-order chi connectivity index (χ1) is 9.09. The van der Waals surface area contributed by atoms with Crippen molar-refractivity contribution in [1.82, 2.24) is 10.2 Å². The van der Waals surface area contributed by atoms with Crippen molar-refractivity contribution in [3.8, 4) is 0 Å². The van der Waals surface area contributed by atoms with E-state index in [1.165, 1.54) is 19.3 Å². The molecule has 1 aliphatic rings. The first-order valence-electron chi connectivity index (χ1n) is 6.83. The van der Waals surface area contributed by atoms with E-state index in [9.17, 15) is 4.79 Å². The van der Waals surface area contributed by atoms with Gasteiger partial charge in [-0.25, -0.2) is 0 Å². The van der Waals surface area contributed by atoms with Crippen LogP contribution in [-0.2, 0) is 0 Å². The third-order valence-electron chi connectivity index (χ3n) is 3.86. The molecular formula is C15H21BrN2O. The van der Waals surface area contributed by atoms with E-state index in [1.54, 1.807) is 0 Å². The van der Waals surface area contributed by atoms with Gasteiger partial charge in [0.05, 0.1) is 5.56 Å². The van der Waals surface area contributed by atoms with Gasteiger partial charge in [-0.05, 0) is 60.9 Å². The molecule has 19 heavy (non-hydrogen) atoms.